The zero-order valence-corrected chi connectivity index (χ0v) is 36.6. The first kappa shape index (κ1) is 50.9. The van der Waals surface area contributed by atoms with E-state index in [0.29, 0.717) is 0 Å². The molecule has 0 aromatic rings. The Morgan fingerprint density at radius 2 is 0.471 bits per heavy atom. The van der Waals surface area contributed by atoms with E-state index in [-0.39, 0.29) is 6.10 Å². The maximum absolute atomic E-state index is 9.99. The molecule has 0 bridgehead atoms. The summed E-state index contributed by atoms with van der Waals surface area (Å²) in [5.41, 5.74) is 0. The Morgan fingerprint density at radius 3 is 0.647 bits per heavy atom. The first-order valence-corrected chi connectivity index (χ1v) is 24.6. The van der Waals surface area contributed by atoms with Crippen LogP contribution in [0.4, 0.5) is 0 Å². The Morgan fingerprint density at radius 1 is 0.294 bits per heavy atom. The highest BCUT2D eigenvalue weighted by atomic mass is 16.3. The van der Waals surface area contributed by atoms with Gasteiger partial charge in [-0.2, -0.15) is 0 Å². The van der Waals surface area contributed by atoms with E-state index in [1.54, 1.807) is 0 Å². The summed E-state index contributed by atoms with van der Waals surface area (Å²) in [4.78, 5) is 0. The molecular weight excluding hydrogens is 619 g/mol. The number of rotatable bonds is 45. The lowest BCUT2D eigenvalue weighted by atomic mass is 10.0. The maximum atomic E-state index is 9.99. The topological polar surface area (TPSA) is 20.2 Å². The van der Waals surface area contributed by atoms with Crippen LogP contribution in [0.1, 0.15) is 284 Å². The second kappa shape index (κ2) is 42.7. The molecule has 0 saturated heterocycles. The van der Waals surface area contributed by atoms with Crippen molar-refractivity contribution in [1.82, 2.24) is 0 Å². The molecule has 0 aromatic heterocycles. The summed E-state index contributed by atoms with van der Waals surface area (Å²) in [5.74, 6) is 0. The van der Waals surface area contributed by atoms with E-state index in [1.165, 1.54) is 274 Å². The molecule has 51 heavy (non-hydrogen) atoms. The van der Waals surface area contributed by atoms with Gasteiger partial charge in [0, 0.05) is 6.42 Å². The van der Waals surface area contributed by atoms with E-state index >= 15 is 0 Å². The first-order valence-electron chi connectivity index (χ1n) is 24.6. The van der Waals surface area contributed by atoms with Gasteiger partial charge in [0.15, 0.2) is 0 Å². The SMILES string of the molecule is CCCCCCCCCCCCCCCCCCCCCC[N+](C)(CCCCCCCCCCCCCCCCCCCCCC)CCC(C)O. The van der Waals surface area contributed by atoms with Gasteiger partial charge >= 0.3 is 0 Å². The van der Waals surface area contributed by atoms with Crippen molar-refractivity contribution in [2.45, 2.75) is 290 Å². The fourth-order valence-corrected chi connectivity index (χ4v) is 8.33. The van der Waals surface area contributed by atoms with E-state index in [9.17, 15) is 5.11 Å². The molecule has 308 valence electrons. The van der Waals surface area contributed by atoms with Crippen molar-refractivity contribution in [3.05, 3.63) is 0 Å². The standard InChI is InChI=1S/C49H102NO/c1-5-7-9-11-13-15-17-19-21-23-25-27-29-31-33-35-37-39-41-43-46-50(4,48-45-49(3)51)47-44-42-40-38-36-34-32-30-28-26-24-22-20-18-16-14-12-10-8-6-2/h49,51H,5-48H2,1-4H3/q+1. The minimum atomic E-state index is -0.160. The lowest BCUT2D eigenvalue weighted by molar-refractivity contribution is -0.910. The molecular formula is C49H102NO+. The molecule has 1 unspecified atom stereocenters. The van der Waals surface area contributed by atoms with Crippen LogP contribution in [0.25, 0.3) is 0 Å². The van der Waals surface area contributed by atoms with Crippen LogP contribution in [0.2, 0.25) is 0 Å². The van der Waals surface area contributed by atoms with Gasteiger partial charge in [-0.25, -0.2) is 0 Å². The molecule has 0 saturated carbocycles. The fraction of sp³-hybridized carbons (Fsp3) is 1.00. The van der Waals surface area contributed by atoms with Gasteiger partial charge in [0.25, 0.3) is 0 Å². The van der Waals surface area contributed by atoms with Crippen LogP contribution < -0.4 is 0 Å². The largest absolute Gasteiger partial charge is 0.393 e. The lowest BCUT2D eigenvalue weighted by Crippen LogP contribution is -2.47. The summed E-state index contributed by atoms with van der Waals surface area (Å²) >= 11 is 0. The summed E-state index contributed by atoms with van der Waals surface area (Å²) in [6.07, 6.45) is 58.8. The smallest absolute Gasteiger partial charge is 0.0809 e. The van der Waals surface area contributed by atoms with Crippen LogP contribution in [0.15, 0.2) is 0 Å². The van der Waals surface area contributed by atoms with Crippen LogP contribution in [-0.4, -0.2) is 42.4 Å². The highest BCUT2D eigenvalue weighted by Gasteiger charge is 2.21. The number of aliphatic hydroxyl groups excluding tert-OH is 1. The van der Waals surface area contributed by atoms with Gasteiger partial charge in [0.05, 0.1) is 32.8 Å². The molecule has 0 heterocycles. The van der Waals surface area contributed by atoms with E-state index in [4.69, 9.17) is 0 Å². The minimum absolute atomic E-state index is 0.160. The molecule has 0 fully saturated rings. The molecule has 2 heteroatoms. The Labute approximate surface area is 325 Å². The monoisotopic (exact) mass is 721 g/mol. The number of quaternary nitrogens is 1. The average Bonchev–Trinajstić information content (AvgIpc) is 3.12. The van der Waals surface area contributed by atoms with E-state index in [1.807, 2.05) is 6.92 Å². The van der Waals surface area contributed by atoms with Crippen molar-refractivity contribution in [1.29, 1.82) is 0 Å². The van der Waals surface area contributed by atoms with Crippen LogP contribution in [-0.2, 0) is 0 Å². The van der Waals surface area contributed by atoms with E-state index in [0.717, 1.165) is 13.0 Å². The minimum Gasteiger partial charge on any atom is -0.393 e. The number of nitrogens with zero attached hydrogens (tertiary/aromatic N) is 1. The van der Waals surface area contributed by atoms with Gasteiger partial charge in [-0.1, -0.05) is 245 Å². The van der Waals surface area contributed by atoms with Crippen molar-refractivity contribution in [2.24, 2.45) is 0 Å². The fourth-order valence-electron chi connectivity index (χ4n) is 8.33. The molecule has 0 aliphatic heterocycles. The second-order valence-corrected chi connectivity index (χ2v) is 17.9. The highest BCUT2D eigenvalue weighted by Crippen LogP contribution is 2.18. The third-order valence-electron chi connectivity index (χ3n) is 12.2. The third-order valence-corrected chi connectivity index (χ3v) is 12.2. The summed E-state index contributed by atoms with van der Waals surface area (Å²) in [5, 5.41) is 9.99. The third kappa shape index (κ3) is 42.5. The molecule has 0 radical (unpaired) electrons. The van der Waals surface area contributed by atoms with E-state index in [2.05, 4.69) is 20.9 Å². The molecule has 0 aromatic carbocycles. The maximum Gasteiger partial charge on any atom is 0.0809 e. The normalized spacial score (nSPS) is 12.6. The molecule has 0 aliphatic carbocycles. The Kier molecular flexibility index (Phi) is 42.6. The van der Waals surface area contributed by atoms with Crippen LogP contribution in [0, 0.1) is 0 Å². The zero-order chi connectivity index (χ0) is 37.2. The van der Waals surface area contributed by atoms with Crippen LogP contribution in [0.5, 0.6) is 0 Å². The number of hydrogen-bond acceptors (Lipinski definition) is 1. The Hall–Kier alpha value is -0.0800. The zero-order valence-electron chi connectivity index (χ0n) is 36.6. The van der Waals surface area contributed by atoms with Gasteiger partial charge in [0.2, 0.25) is 0 Å². The number of hydrogen-bond donors (Lipinski definition) is 1. The Bertz CT molecular complexity index is 573. The lowest BCUT2D eigenvalue weighted by Gasteiger charge is -2.35. The number of unbranched alkanes of at least 4 members (excludes halogenated alkanes) is 38. The van der Waals surface area contributed by atoms with Gasteiger partial charge in [-0.3, -0.25) is 0 Å². The van der Waals surface area contributed by atoms with E-state index < -0.39 is 0 Å². The van der Waals surface area contributed by atoms with Crippen molar-refractivity contribution < 1.29 is 9.59 Å². The van der Waals surface area contributed by atoms with Crippen molar-refractivity contribution in [3.63, 3.8) is 0 Å². The molecule has 1 N–H and O–H groups in total. The van der Waals surface area contributed by atoms with Gasteiger partial charge in [-0.05, 0) is 32.6 Å². The van der Waals surface area contributed by atoms with Crippen LogP contribution in [0.3, 0.4) is 0 Å². The Balaban J connectivity index is 3.61. The first-order chi connectivity index (χ1) is 25.0. The molecule has 0 spiro atoms. The molecule has 0 aliphatic rings. The summed E-state index contributed by atoms with van der Waals surface area (Å²) in [6.45, 7) is 10.4. The van der Waals surface area contributed by atoms with Crippen molar-refractivity contribution >= 4 is 0 Å². The number of aliphatic hydroxyl groups is 1. The molecule has 1 atom stereocenters. The van der Waals surface area contributed by atoms with Gasteiger partial charge < -0.3 is 9.59 Å². The van der Waals surface area contributed by atoms with Gasteiger partial charge in [0.1, 0.15) is 0 Å². The quantitative estimate of drug-likeness (QED) is 0.0490. The molecule has 0 rings (SSSR count). The average molecular weight is 721 g/mol. The molecule has 0 amide bonds. The van der Waals surface area contributed by atoms with Gasteiger partial charge in [-0.15, -0.1) is 0 Å². The van der Waals surface area contributed by atoms with Crippen molar-refractivity contribution in [2.75, 3.05) is 26.7 Å². The highest BCUT2D eigenvalue weighted by molar-refractivity contribution is 4.55. The van der Waals surface area contributed by atoms with Crippen LogP contribution >= 0.6 is 0 Å². The summed E-state index contributed by atoms with van der Waals surface area (Å²) < 4.78 is 1.18. The predicted molar refractivity (Wildman–Crippen MR) is 233 cm³/mol. The summed E-state index contributed by atoms with van der Waals surface area (Å²) in [6, 6.07) is 0. The predicted octanol–water partition coefficient (Wildman–Crippen LogP) is 16.8. The van der Waals surface area contributed by atoms with Crippen molar-refractivity contribution in [3.8, 4) is 0 Å². The summed E-state index contributed by atoms with van der Waals surface area (Å²) in [7, 11) is 2.48. The molecule has 2 nitrogen and oxygen atoms in total. The second-order valence-electron chi connectivity index (χ2n) is 17.9.